The minimum absolute atomic E-state index is 0.00907. The van der Waals surface area contributed by atoms with E-state index in [9.17, 15) is 36.2 Å². The highest BCUT2D eigenvalue weighted by atomic mass is 31.2. The molecule has 0 saturated heterocycles. The molecule has 192 valence electrons. The summed E-state index contributed by atoms with van der Waals surface area (Å²) >= 11 is 0. The lowest BCUT2D eigenvalue weighted by Gasteiger charge is -2.15. The van der Waals surface area contributed by atoms with Crippen molar-refractivity contribution in [2.45, 2.75) is 32.7 Å². The van der Waals surface area contributed by atoms with Gasteiger partial charge in [0.05, 0.1) is 24.3 Å². The Morgan fingerprint density at radius 3 is 2.06 bits per heavy atom. The van der Waals surface area contributed by atoms with Crippen LogP contribution in [-0.2, 0) is 32.5 Å². The standard InChI is InChI=1S/C24H21F6N2O3P/c1-3-34-36(33,35-4-2)20(13-31)11-17-15-32(22-8-6-5-7-21(17)22)14-16-9-18(23(25,26)27)12-19(10-16)24(28,29)30/h5-12,15H,3-4,14H2,1-2H3/b20-11+. The average Bonchev–Trinajstić information content (AvgIpc) is 3.13. The van der Waals surface area contributed by atoms with Gasteiger partial charge in [0.2, 0.25) is 0 Å². The molecule has 3 aromatic rings. The van der Waals surface area contributed by atoms with E-state index in [2.05, 4.69) is 0 Å². The summed E-state index contributed by atoms with van der Waals surface area (Å²) in [5.41, 5.74) is -2.20. The number of halogens is 6. The van der Waals surface area contributed by atoms with Gasteiger partial charge in [0.25, 0.3) is 0 Å². The Balaban J connectivity index is 2.15. The van der Waals surface area contributed by atoms with E-state index in [1.165, 1.54) is 16.8 Å². The molecule has 5 nitrogen and oxygen atoms in total. The van der Waals surface area contributed by atoms with Crippen molar-refractivity contribution in [3.63, 3.8) is 0 Å². The second kappa shape index (κ2) is 10.5. The number of alkyl halides is 6. The first kappa shape index (κ1) is 27.5. The van der Waals surface area contributed by atoms with Crippen molar-refractivity contribution < 1.29 is 40.0 Å². The summed E-state index contributed by atoms with van der Waals surface area (Å²) < 4.78 is 105. The molecule has 0 aliphatic carbocycles. The zero-order valence-corrected chi connectivity index (χ0v) is 20.0. The molecule has 0 radical (unpaired) electrons. The quantitative estimate of drug-likeness (QED) is 0.169. The van der Waals surface area contributed by atoms with Crippen LogP contribution >= 0.6 is 7.60 Å². The number of nitriles is 1. The molecule has 0 fully saturated rings. The van der Waals surface area contributed by atoms with Crippen molar-refractivity contribution in [1.29, 1.82) is 5.26 Å². The largest absolute Gasteiger partial charge is 0.416 e. The van der Waals surface area contributed by atoms with Gasteiger partial charge in [0, 0.05) is 29.2 Å². The molecule has 0 bridgehead atoms. The highest BCUT2D eigenvalue weighted by molar-refractivity contribution is 7.59. The molecular weight excluding hydrogens is 509 g/mol. The van der Waals surface area contributed by atoms with Crippen LogP contribution in [0.2, 0.25) is 0 Å². The fourth-order valence-electron chi connectivity index (χ4n) is 3.66. The molecule has 0 aliphatic heterocycles. The number of aromatic nitrogens is 1. The Labute approximate surface area is 203 Å². The van der Waals surface area contributed by atoms with Gasteiger partial charge in [-0.15, -0.1) is 0 Å². The van der Waals surface area contributed by atoms with Gasteiger partial charge in [-0.25, -0.2) is 0 Å². The van der Waals surface area contributed by atoms with Crippen LogP contribution in [0.5, 0.6) is 0 Å². The third-order valence-corrected chi connectivity index (χ3v) is 7.14. The number of hydrogen-bond donors (Lipinski definition) is 0. The zero-order chi connectivity index (χ0) is 26.7. The molecule has 0 N–H and O–H groups in total. The first-order chi connectivity index (χ1) is 16.8. The Kier molecular flexibility index (Phi) is 8.04. The van der Waals surface area contributed by atoms with Crippen molar-refractivity contribution >= 4 is 24.6 Å². The SMILES string of the molecule is CCOP(=O)(OCC)/C(C#N)=C/c1cn(Cc2cc(C(F)(F)F)cc(C(F)(F)F)c2)c2ccccc12. The summed E-state index contributed by atoms with van der Waals surface area (Å²) in [6.45, 7) is 2.86. The van der Waals surface area contributed by atoms with Crippen LogP contribution in [0.15, 0.2) is 54.0 Å². The number of allylic oxidation sites excluding steroid dienone is 1. The van der Waals surface area contributed by atoms with E-state index < -0.39 is 31.1 Å². The summed E-state index contributed by atoms with van der Waals surface area (Å²) in [5.74, 6) is 0. The highest BCUT2D eigenvalue weighted by Crippen LogP contribution is 2.56. The van der Waals surface area contributed by atoms with Gasteiger partial charge in [-0.2, -0.15) is 31.6 Å². The molecule has 2 aromatic carbocycles. The number of fused-ring (bicyclic) bond motifs is 1. The molecular formula is C24H21F6N2O3P. The maximum atomic E-state index is 13.3. The maximum absolute atomic E-state index is 13.3. The summed E-state index contributed by atoms with van der Waals surface area (Å²) in [6, 6.07) is 9.83. The number of rotatable bonds is 8. The predicted octanol–water partition coefficient (Wildman–Crippen LogP) is 7.86. The minimum Gasteiger partial charge on any atom is -0.342 e. The van der Waals surface area contributed by atoms with Gasteiger partial charge in [0.1, 0.15) is 11.4 Å². The fraction of sp³-hybridized carbons (Fsp3) is 0.292. The summed E-state index contributed by atoms with van der Waals surface area (Å²) in [5, 5.41) is 9.88. The topological polar surface area (TPSA) is 64.2 Å². The smallest absolute Gasteiger partial charge is 0.342 e. The van der Waals surface area contributed by atoms with E-state index in [4.69, 9.17) is 9.05 Å². The summed E-state index contributed by atoms with van der Waals surface area (Å²) in [6.07, 6.45) is -7.19. The second-order valence-corrected chi connectivity index (χ2v) is 9.61. The van der Waals surface area contributed by atoms with Gasteiger partial charge in [-0.3, -0.25) is 4.57 Å². The van der Waals surface area contributed by atoms with Crippen LogP contribution in [-0.4, -0.2) is 17.8 Å². The lowest BCUT2D eigenvalue weighted by molar-refractivity contribution is -0.143. The van der Waals surface area contributed by atoms with Crippen molar-refractivity contribution in [2.24, 2.45) is 0 Å². The number of para-hydroxylation sites is 1. The van der Waals surface area contributed by atoms with Crippen LogP contribution < -0.4 is 0 Å². The van der Waals surface area contributed by atoms with E-state index >= 15 is 0 Å². The molecule has 3 rings (SSSR count). The Morgan fingerprint density at radius 1 is 1.00 bits per heavy atom. The van der Waals surface area contributed by atoms with Gasteiger partial charge in [0.15, 0.2) is 0 Å². The molecule has 0 aliphatic rings. The van der Waals surface area contributed by atoms with Gasteiger partial charge < -0.3 is 13.6 Å². The average molecular weight is 530 g/mol. The predicted molar refractivity (Wildman–Crippen MR) is 122 cm³/mol. The molecule has 0 atom stereocenters. The lowest BCUT2D eigenvalue weighted by Crippen LogP contribution is -2.12. The van der Waals surface area contributed by atoms with Crippen LogP contribution in [0, 0.1) is 11.3 Å². The van der Waals surface area contributed by atoms with E-state index in [-0.39, 0.29) is 36.7 Å². The molecule has 1 heterocycles. The third kappa shape index (κ3) is 6.01. The maximum Gasteiger partial charge on any atom is 0.416 e. The van der Waals surface area contributed by atoms with Crippen molar-refractivity contribution in [3.05, 3.63) is 76.2 Å². The van der Waals surface area contributed by atoms with Gasteiger partial charge in [-0.1, -0.05) is 18.2 Å². The molecule has 0 unspecified atom stereocenters. The molecule has 0 spiro atoms. The van der Waals surface area contributed by atoms with Crippen molar-refractivity contribution in [1.82, 2.24) is 4.57 Å². The van der Waals surface area contributed by atoms with Crippen LogP contribution in [0.4, 0.5) is 26.3 Å². The third-order valence-electron chi connectivity index (χ3n) is 5.12. The molecule has 36 heavy (non-hydrogen) atoms. The van der Waals surface area contributed by atoms with Crippen LogP contribution in [0.25, 0.3) is 17.0 Å². The molecule has 12 heteroatoms. The zero-order valence-electron chi connectivity index (χ0n) is 19.2. The van der Waals surface area contributed by atoms with Crippen LogP contribution in [0.1, 0.15) is 36.1 Å². The first-order valence-electron chi connectivity index (χ1n) is 10.7. The minimum atomic E-state index is -4.97. The molecule has 0 amide bonds. The van der Waals surface area contributed by atoms with Gasteiger partial charge in [-0.05, 0) is 49.8 Å². The number of nitrogens with zero attached hydrogens (tertiary/aromatic N) is 2. The van der Waals surface area contributed by atoms with E-state index in [0.717, 1.165) is 0 Å². The lowest BCUT2D eigenvalue weighted by atomic mass is 10.0. The Bertz CT molecular complexity index is 1330. The molecule has 0 saturated carbocycles. The Hall–Kier alpha value is -3.06. The summed E-state index contributed by atoms with van der Waals surface area (Å²) in [7, 11) is -3.94. The second-order valence-electron chi connectivity index (χ2n) is 7.62. The van der Waals surface area contributed by atoms with Gasteiger partial charge >= 0.3 is 19.9 Å². The monoisotopic (exact) mass is 530 g/mol. The Morgan fingerprint density at radius 2 is 1.56 bits per heavy atom. The van der Waals surface area contributed by atoms with Crippen molar-refractivity contribution in [3.8, 4) is 6.07 Å². The van der Waals surface area contributed by atoms with E-state index in [1.807, 2.05) is 6.07 Å². The first-order valence-corrected chi connectivity index (χ1v) is 12.2. The fourth-order valence-corrected chi connectivity index (χ4v) is 5.12. The summed E-state index contributed by atoms with van der Waals surface area (Å²) in [4.78, 5) is 0. The number of benzene rings is 2. The number of hydrogen-bond acceptors (Lipinski definition) is 4. The highest BCUT2D eigenvalue weighted by Gasteiger charge is 2.37. The van der Waals surface area contributed by atoms with Crippen LogP contribution in [0.3, 0.4) is 0 Å². The molecule has 1 aromatic heterocycles. The van der Waals surface area contributed by atoms with Crippen molar-refractivity contribution in [2.75, 3.05) is 13.2 Å². The van der Waals surface area contributed by atoms with E-state index in [1.54, 1.807) is 38.1 Å². The normalized spacial score (nSPS) is 13.2. The van der Waals surface area contributed by atoms with E-state index in [0.29, 0.717) is 28.6 Å².